The first-order valence-corrected chi connectivity index (χ1v) is 6.20. The molecule has 0 aliphatic carbocycles. The lowest BCUT2D eigenvalue weighted by Crippen LogP contribution is -2.42. The van der Waals surface area contributed by atoms with Crippen LogP contribution in [0.3, 0.4) is 0 Å². The van der Waals surface area contributed by atoms with Crippen molar-refractivity contribution < 1.29 is 17.9 Å². The van der Waals surface area contributed by atoms with E-state index in [1.807, 2.05) is 0 Å². The Hall–Kier alpha value is -1.11. The lowest BCUT2D eigenvalue weighted by molar-refractivity contribution is -0.137. The topological polar surface area (TPSA) is 47.3 Å². The molecule has 106 valence electrons. The minimum Gasteiger partial charge on any atom is -0.381 e. The summed E-state index contributed by atoms with van der Waals surface area (Å²) in [7, 11) is 0. The van der Waals surface area contributed by atoms with E-state index in [9.17, 15) is 13.2 Å². The van der Waals surface area contributed by atoms with Crippen LogP contribution in [0.4, 0.5) is 13.2 Å². The van der Waals surface area contributed by atoms with Gasteiger partial charge in [0.2, 0.25) is 0 Å². The predicted molar refractivity (Wildman–Crippen MR) is 65.2 cm³/mol. The number of hydrogen-bond donors (Lipinski definition) is 2. The van der Waals surface area contributed by atoms with Gasteiger partial charge in [0.15, 0.2) is 0 Å². The standard InChI is InChI=1S/C13H17F3N2O/c14-13(15,16)11-3-1-2-9(6-11)7-12(18-17)10-4-5-19-8-10/h1-3,6,10,12,18H,4-5,7-8,17H2. The molecule has 1 saturated heterocycles. The predicted octanol–water partition coefficient (Wildman–Crippen LogP) is 2.12. The number of rotatable bonds is 4. The van der Waals surface area contributed by atoms with Crippen molar-refractivity contribution in [3.63, 3.8) is 0 Å². The van der Waals surface area contributed by atoms with E-state index in [1.54, 1.807) is 6.07 Å². The Morgan fingerprint density at radius 1 is 1.42 bits per heavy atom. The molecule has 0 amide bonds. The molecular weight excluding hydrogens is 257 g/mol. The van der Waals surface area contributed by atoms with Crippen LogP contribution < -0.4 is 11.3 Å². The Balaban J connectivity index is 2.09. The quantitative estimate of drug-likeness (QED) is 0.653. The lowest BCUT2D eigenvalue weighted by atomic mass is 9.93. The smallest absolute Gasteiger partial charge is 0.381 e. The van der Waals surface area contributed by atoms with Gasteiger partial charge in [0, 0.05) is 18.6 Å². The van der Waals surface area contributed by atoms with Crippen LogP contribution in [0, 0.1) is 5.92 Å². The third-order valence-corrected chi connectivity index (χ3v) is 3.46. The molecule has 1 aliphatic rings. The largest absolute Gasteiger partial charge is 0.416 e. The first kappa shape index (κ1) is 14.3. The molecule has 0 radical (unpaired) electrons. The molecule has 1 aromatic rings. The number of halogens is 3. The summed E-state index contributed by atoms with van der Waals surface area (Å²) in [4.78, 5) is 0. The van der Waals surface area contributed by atoms with Crippen LogP contribution in [0.5, 0.6) is 0 Å². The van der Waals surface area contributed by atoms with Crippen LogP contribution in [0.2, 0.25) is 0 Å². The summed E-state index contributed by atoms with van der Waals surface area (Å²) in [5.41, 5.74) is 2.70. The molecule has 1 aromatic carbocycles. The average Bonchev–Trinajstić information content (AvgIpc) is 2.89. The first-order chi connectivity index (χ1) is 9.00. The molecule has 19 heavy (non-hydrogen) atoms. The van der Waals surface area contributed by atoms with Gasteiger partial charge in [-0.25, -0.2) is 0 Å². The van der Waals surface area contributed by atoms with Gasteiger partial charge in [-0.15, -0.1) is 0 Å². The number of benzene rings is 1. The van der Waals surface area contributed by atoms with E-state index >= 15 is 0 Å². The highest BCUT2D eigenvalue weighted by Gasteiger charge is 2.31. The molecule has 1 fully saturated rings. The van der Waals surface area contributed by atoms with Crippen LogP contribution in [-0.4, -0.2) is 19.3 Å². The van der Waals surface area contributed by atoms with Crippen LogP contribution in [0.1, 0.15) is 17.5 Å². The van der Waals surface area contributed by atoms with E-state index in [1.165, 1.54) is 12.1 Å². The average molecular weight is 274 g/mol. The van der Waals surface area contributed by atoms with Crippen molar-refractivity contribution in [3.8, 4) is 0 Å². The first-order valence-electron chi connectivity index (χ1n) is 6.20. The minimum atomic E-state index is -4.31. The monoisotopic (exact) mass is 274 g/mol. The van der Waals surface area contributed by atoms with Crippen molar-refractivity contribution in [1.29, 1.82) is 0 Å². The van der Waals surface area contributed by atoms with Crippen molar-refractivity contribution in [2.24, 2.45) is 11.8 Å². The van der Waals surface area contributed by atoms with Gasteiger partial charge in [0.1, 0.15) is 0 Å². The van der Waals surface area contributed by atoms with Gasteiger partial charge in [-0.3, -0.25) is 11.3 Å². The zero-order valence-electron chi connectivity index (χ0n) is 10.4. The lowest BCUT2D eigenvalue weighted by Gasteiger charge is -2.21. The van der Waals surface area contributed by atoms with Crippen molar-refractivity contribution in [1.82, 2.24) is 5.43 Å². The molecule has 3 nitrogen and oxygen atoms in total. The van der Waals surface area contributed by atoms with Gasteiger partial charge in [-0.2, -0.15) is 13.2 Å². The molecule has 3 N–H and O–H groups in total. The van der Waals surface area contributed by atoms with Crippen LogP contribution in [0.25, 0.3) is 0 Å². The number of alkyl halides is 3. The fourth-order valence-electron chi connectivity index (χ4n) is 2.36. The van der Waals surface area contributed by atoms with Crippen LogP contribution in [0.15, 0.2) is 24.3 Å². The molecular formula is C13H17F3N2O. The molecule has 0 aromatic heterocycles. The molecule has 1 heterocycles. The summed E-state index contributed by atoms with van der Waals surface area (Å²) >= 11 is 0. The van der Waals surface area contributed by atoms with E-state index in [2.05, 4.69) is 5.43 Å². The molecule has 0 spiro atoms. The van der Waals surface area contributed by atoms with Crippen molar-refractivity contribution in [2.45, 2.75) is 25.1 Å². The highest BCUT2D eigenvalue weighted by molar-refractivity contribution is 5.26. The second kappa shape index (κ2) is 5.90. The van der Waals surface area contributed by atoms with E-state index in [-0.39, 0.29) is 12.0 Å². The number of nitrogens with two attached hydrogens (primary N) is 1. The van der Waals surface area contributed by atoms with Gasteiger partial charge in [0.25, 0.3) is 0 Å². The Morgan fingerprint density at radius 2 is 2.21 bits per heavy atom. The summed E-state index contributed by atoms with van der Waals surface area (Å²) < 4.78 is 43.2. The Bertz CT molecular complexity index is 417. The highest BCUT2D eigenvalue weighted by atomic mass is 19.4. The Kier molecular flexibility index (Phi) is 4.44. The van der Waals surface area contributed by atoms with Crippen LogP contribution in [-0.2, 0) is 17.3 Å². The third-order valence-electron chi connectivity index (χ3n) is 3.46. The molecule has 1 aliphatic heterocycles. The summed E-state index contributed by atoms with van der Waals surface area (Å²) in [5.74, 6) is 5.75. The maximum Gasteiger partial charge on any atom is 0.416 e. The second-order valence-corrected chi connectivity index (χ2v) is 4.80. The SMILES string of the molecule is NNC(Cc1cccc(C(F)(F)F)c1)C1CCOC1. The third kappa shape index (κ3) is 3.68. The molecule has 2 atom stereocenters. The van der Waals surface area contributed by atoms with Gasteiger partial charge < -0.3 is 4.74 Å². The van der Waals surface area contributed by atoms with E-state index in [4.69, 9.17) is 10.6 Å². The van der Waals surface area contributed by atoms with Crippen molar-refractivity contribution in [3.05, 3.63) is 35.4 Å². The summed E-state index contributed by atoms with van der Waals surface area (Å²) in [6.45, 7) is 1.29. The number of ether oxygens (including phenoxy) is 1. The number of nitrogens with one attached hydrogen (secondary N) is 1. The fraction of sp³-hybridized carbons (Fsp3) is 0.538. The molecule has 2 rings (SSSR count). The van der Waals surface area contributed by atoms with Crippen molar-refractivity contribution in [2.75, 3.05) is 13.2 Å². The molecule has 0 saturated carbocycles. The van der Waals surface area contributed by atoms with E-state index < -0.39 is 11.7 Å². The van der Waals surface area contributed by atoms with Gasteiger partial charge in [-0.1, -0.05) is 18.2 Å². The van der Waals surface area contributed by atoms with Gasteiger partial charge in [0.05, 0.1) is 12.2 Å². The fourth-order valence-corrected chi connectivity index (χ4v) is 2.36. The summed E-state index contributed by atoms with van der Waals surface area (Å²) in [5, 5.41) is 0. The molecule has 2 unspecified atom stereocenters. The number of hydrazine groups is 1. The minimum absolute atomic E-state index is 0.0639. The maximum atomic E-state index is 12.6. The maximum absolute atomic E-state index is 12.6. The van der Waals surface area contributed by atoms with Gasteiger partial charge in [-0.05, 0) is 24.5 Å². The zero-order valence-corrected chi connectivity index (χ0v) is 10.4. The van der Waals surface area contributed by atoms with Gasteiger partial charge >= 0.3 is 6.18 Å². The highest BCUT2D eigenvalue weighted by Crippen LogP contribution is 2.30. The zero-order chi connectivity index (χ0) is 13.9. The molecule has 6 heteroatoms. The van der Waals surface area contributed by atoms with Crippen LogP contribution >= 0.6 is 0 Å². The second-order valence-electron chi connectivity index (χ2n) is 4.80. The number of hydrogen-bond acceptors (Lipinski definition) is 3. The normalized spacial score (nSPS) is 21.6. The molecule has 0 bridgehead atoms. The van der Waals surface area contributed by atoms with E-state index in [0.29, 0.717) is 25.2 Å². The van der Waals surface area contributed by atoms with Crippen molar-refractivity contribution >= 4 is 0 Å². The summed E-state index contributed by atoms with van der Waals surface area (Å²) in [6, 6.07) is 5.31. The van der Waals surface area contributed by atoms with E-state index in [0.717, 1.165) is 12.5 Å². The Morgan fingerprint density at radius 3 is 2.79 bits per heavy atom. The summed E-state index contributed by atoms with van der Waals surface area (Å²) in [6.07, 6.45) is -2.96. The Labute approximate surface area is 109 Å².